The molecule has 0 atom stereocenters. The zero-order valence-electron chi connectivity index (χ0n) is 15.5. The van der Waals surface area contributed by atoms with Crippen LogP contribution >= 0.6 is 11.3 Å². The first-order valence-electron chi connectivity index (χ1n) is 8.35. The zero-order chi connectivity index (χ0) is 19.7. The lowest BCUT2D eigenvalue weighted by atomic mass is 10.1. The van der Waals surface area contributed by atoms with Crippen LogP contribution in [0, 0.1) is 6.92 Å². The first kappa shape index (κ1) is 18.9. The number of ketones is 1. The molecule has 140 valence electrons. The summed E-state index contributed by atoms with van der Waals surface area (Å²) >= 11 is 1.19. The lowest BCUT2D eigenvalue weighted by Gasteiger charge is -2.07. The highest BCUT2D eigenvalue weighted by atomic mass is 32.1. The number of carbonyl (C=O) groups is 2. The number of thiophene rings is 1. The van der Waals surface area contributed by atoms with Crippen molar-refractivity contribution >= 4 is 38.9 Å². The van der Waals surface area contributed by atoms with Gasteiger partial charge in [0.2, 0.25) is 0 Å². The van der Waals surface area contributed by atoms with E-state index in [2.05, 4.69) is 15.3 Å². The van der Waals surface area contributed by atoms with E-state index in [1.807, 2.05) is 19.0 Å². The minimum atomic E-state index is -0.329. The maximum absolute atomic E-state index is 12.7. The number of H-pyrrole nitrogens is 1. The molecule has 2 heterocycles. The van der Waals surface area contributed by atoms with Crippen LogP contribution in [0.15, 0.2) is 29.1 Å². The Balaban J connectivity index is 1.96. The normalized spacial score (nSPS) is 11.1. The third-order valence-corrected chi connectivity index (χ3v) is 5.23. The predicted octanol–water partition coefficient (Wildman–Crippen LogP) is 2.81. The van der Waals surface area contributed by atoms with Crippen molar-refractivity contribution < 1.29 is 9.59 Å². The summed E-state index contributed by atoms with van der Waals surface area (Å²) in [5, 5.41) is 3.23. The van der Waals surface area contributed by atoms with E-state index in [-0.39, 0.29) is 17.2 Å². The number of hydrogen-bond acceptors (Lipinski definition) is 6. The third kappa shape index (κ3) is 3.96. The highest BCUT2D eigenvalue weighted by Gasteiger charge is 2.19. The van der Waals surface area contributed by atoms with Gasteiger partial charge in [-0.2, -0.15) is 0 Å². The van der Waals surface area contributed by atoms with Crippen molar-refractivity contribution in [1.82, 2.24) is 14.9 Å². The minimum absolute atomic E-state index is 0.0757. The summed E-state index contributed by atoms with van der Waals surface area (Å²) in [6, 6.07) is 6.75. The average molecular weight is 384 g/mol. The van der Waals surface area contributed by atoms with Gasteiger partial charge in [-0.15, -0.1) is 11.3 Å². The SMILES string of the molecule is CC(=O)c1cccc(NC(=O)c2sc3nc(CN(C)C)[nH]c(=O)c3c2C)c1. The van der Waals surface area contributed by atoms with Crippen LogP contribution in [0.25, 0.3) is 10.2 Å². The molecular weight excluding hydrogens is 364 g/mol. The quantitative estimate of drug-likeness (QED) is 0.660. The molecule has 0 radical (unpaired) electrons. The first-order valence-corrected chi connectivity index (χ1v) is 9.17. The molecule has 27 heavy (non-hydrogen) atoms. The highest BCUT2D eigenvalue weighted by Crippen LogP contribution is 2.28. The van der Waals surface area contributed by atoms with Crippen LogP contribution in [-0.4, -0.2) is 40.7 Å². The van der Waals surface area contributed by atoms with Gasteiger partial charge in [0.1, 0.15) is 10.7 Å². The Morgan fingerprint density at radius 3 is 2.70 bits per heavy atom. The smallest absolute Gasteiger partial charge is 0.266 e. The number of Topliss-reactive ketones (excluding diaryl/α,β-unsaturated/α-hetero) is 1. The summed E-state index contributed by atoms with van der Waals surface area (Å²) in [6.45, 7) is 3.71. The van der Waals surface area contributed by atoms with Gasteiger partial charge in [0, 0.05) is 11.3 Å². The van der Waals surface area contributed by atoms with Crippen molar-refractivity contribution in [3.63, 3.8) is 0 Å². The number of aromatic amines is 1. The number of nitrogens with one attached hydrogen (secondary N) is 2. The molecule has 8 heteroatoms. The molecule has 3 aromatic rings. The monoisotopic (exact) mass is 384 g/mol. The molecule has 1 aromatic carbocycles. The van der Waals surface area contributed by atoms with Crippen LogP contribution in [0.1, 0.15) is 38.3 Å². The zero-order valence-corrected chi connectivity index (χ0v) is 16.4. The number of aromatic nitrogens is 2. The molecule has 0 fully saturated rings. The van der Waals surface area contributed by atoms with Crippen LogP contribution in [0.2, 0.25) is 0 Å². The number of benzene rings is 1. The Morgan fingerprint density at radius 2 is 2.04 bits per heavy atom. The van der Waals surface area contributed by atoms with E-state index in [1.54, 1.807) is 31.2 Å². The van der Waals surface area contributed by atoms with Crippen LogP contribution in [0.4, 0.5) is 5.69 Å². The largest absolute Gasteiger partial charge is 0.321 e. The number of anilines is 1. The Hall–Kier alpha value is -2.84. The van der Waals surface area contributed by atoms with Crippen molar-refractivity contribution in [1.29, 1.82) is 0 Å². The van der Waals surface area contributed by atoms with Crippen LogP contribution in [0.5, 0.6) is 0 Å². The van der Waals surface area contributed by atoms with Crippen molar-refractivity contribution in [2.75, 3.05) is 19.4 Å². The van der Waals surface area contributed by atoms with Gasteiger partial charge >= 0.3 is 0 Å². The molecular formula is C19H20N4O3S. The lowest BCUT2D eigenvalue weighted by molar-refractivity contribution is 0.101. The maximum atomic E-state index is 12.7. The second-order valence-electron chi connectivity index (χ2n) is 6.58. The standard InChI is InChI=1S/C19H20N4O3S/c1-10-15-17(25)21-14(9-23(3)4)22-19(15)27-16(10)18(26)20-13-7-5-6-12(8-13)11(2)24/h5-8H,9H2,1-4H3,(H,20,26)(H,21,22,25). The lowest BCUT2D eigenvalue weighted by Crippen LogP contribution is -2.18. The van der Waals surface area contributed by atoms with E-state index in [4.69, 9.17) is 0 Å². The molecule has 0 bridgehead atoms. The molecule has 7 nitrogen and oxygen atoms in total. The summed E-state index contributed by atoms with van der Waals surface area (Å²) in [6.07, 6.45) is 0. The molecule has 2 aromatic heterocycles. The number of fused-ring (bicyclic) bond motifs is 1. The molecule has 0 unspecified atom stereocenters. The van der Waals surface area contributed by atoms with Gasteiger partial charge in [-0.05, 0) is 45.6 Å². The Labute approximate surface area is 160 Å². The molecule has 0 aliphatic rings. The molecule has 0 saturated carbocycles. The van der Waals surface area contributed by atoms with Gasteiger partial charge < -0.3 is 15.2 Å². The number of amides is 1. The second-order valence-corrected chi connectivity index (χ2v) is 7.58. The van der Waals surface area contributed by atoms with E-state index in [1.165, 1.54) is 18.3 Å². The fraction of sp³-hybridized carbons (Fsp3) is 0.263. The van der Waals surface area contributed by atoms with E-state index in [0.717, 1.165) is 0 Å². The van der Waals surface area contributed by atoms with Gasteiger partial charge in [0.25, 0.3) is 11.5 Å². The van der Waals surface area contributed by atoms with E-state index in [0.29, 0.717) is 44.3 Å². The predicted molar refractivity (Wildman–Crippen MR) is 107 cm³/mol. The van der Waals surface area contributed by atoms with E-state index < -0.39 is 0 Å². The number of nitrogens with zero attached hydrogens (tertiary/aromatic N) is 2. The number of hydrogen-bond donors (Lipinski definition) is 2. The van der Waals surface area contributed by atoms with Gasteiger partial charge in [-0.3, -0.25) is 14.4 Å². The van der Waals surface area contributed by atoms with Gasteiger partial charge in [0.15, 0.2) is 5.78 Å². The summed E-state index contributed by atoms with van der Waals surface area (Å²) in [5.74, 6) is 0.151. The third-order valence-electron chi connectivity index (χ3n) is 4.05. The van der Waals surface area contributed by atoms with Gasteiger partial charge in [-0.1, -0.05) is 12.1 Å². The van der Waals surface area contributed by atoms with Crippen molar-refractivity contribution in [2.24, 2.45) is 0 Å². The molecule has 3 rings (SSSR count). The second kappa shape index (κ2) is 7.42. The molecule has 0 aliphatic heterocycles. The fourth-order valence-electron chi connectivity index (χ4n) is 2.78. The highest BCUT2D eigenvalue weighted by molar-refractivity contribution is 7.20. The maximum Gasteiger partial charge on any atom is 0.266 e. The van der Waals surface area contributed by atoms with Crippen LogP contribution in [0.3, 0.4) is 0 Å². The summed E-state index contributed by atoms with van der Waals surface area (Å²) < 4.78 is 0. The number of rotatable bonds is 5. The van der Waals surface area contributed by atoms with Gasteiger partial charge in [-0.25, -0.2) is 4.98 Å². The first-order chi connectivity index (χ1) is 12.8. The Kier molecular flexibility index (Phi) is 5.20. The van der Waals surface area contributed by atoms with Crippen LogP contribution < -0.4 is 10.9 Å². The van der Waals surface area contributed by atoms with Crippen molar-refractivity contribution in [3.05, 3.63) is 56.4 Å². The van der Waals surface area contributed by atoms with Crippen LogP contribution in [-0.2, 0) is 6.54 Å². The summed E-state index contributed by atoms with van der Waals surface area (Å²) in [4.78, 5) is 46.8. The van der Waals surface area contributed by atoms with Gasteiger partial charge in [0.05, 0.1) is 16.8 Å². The van der Waals surface area contributed by atoms with E-state index in [9.17, 15) is 14.4 Å². The molecule has 0 saturated heterocycles. The molecule has 2 N–H and O–H groups in total. The average Bonchev–Trinajstić information content (AvgIpc) is 2.91. The summed E-state index contributed by atoms with van der Waals surface area (Å²) in [7, 11) is 3.77. The molecule has 0 spiro atoms. The molecule has 0 aliphatic carbocycles. The Bertz CT molecular complexity index is 1100. The van der Waals surface area contributed by atoms with E-state index >= 15 is 0 Å². The fourth-order valence-corrected chi connectivity index (χ4v) is 3.88. The topological polar surface area (TPSA) is 95.2 Å². The Morgan fingerprint density at radius 1 is 1.30 bits per heavy atom. The molecule has 1 amide bonds. The summed E-state index contributed by atoms with van der Waals surface area (Å²) in [5.41, 5.74) is 1.40. The number of carbonyl (C=O) groups excluding carboxylic acids is 2. The minimum Gasteiger partial charge on any atom is -0.321 e. The van der Waals surface area contributed by atoms with Crippen molar-refractivity contribution in [2.45, 2.75) is 20.4 Å². The van der Waals surface area contributed by atoms with Crippen molar-refractivity contribution in [3.8, 4) is 0 Å². The number of aryl methyl sites for hydroxylation is 1.